The second-order valence-corrected chi connectivity index (χ2v) is 6.01. The summed E-state index contributed by atoms with van der Waals surface area (Å²) in [7, 11) is 0. The lowest BCUT2D eigenvalue weighted by Gasteiger charge is -2.27. The highest BCUT2D eigenvalue weighted by Gasteiger charge is 2.29. The predicted molar refractivity (Wildman–Crippen MR) is 81.7 cm³/mol. The van der Waals surface area contributed by atoms with Gasteiger partial charge in [0, 0.05) is 3.57 Å². The molecule has 5 heteroatoms. The molecule has 0 unspecified atom stereocenters. The number of carbonyl (C=O) groups excluding carboxylic acids is 1. The summed E-state index contributed by atoms with van der Waals surface area (Å²) in [5, 5.41) is 11.8. The van der Waals surface area contributed by atoms with Crippen LogP contribution < -0.4 is 10.1 Å². The summed E-state index contributed by atoms with van der Waals surface area (Å²) in [4.78, 5) is 11.8. The van der Waals surface area contributed by atoms with Crippen molar-refractivity contribution in [2.45, 2.75) is 26.3 Å². The van der Waals surface area contributed by atoms with E-state index in [1.165, 1.54) is 0 Å². The molecule has 0 bridgehead atoms. The number of benzene rings is 1. The number of rotatable bonds is 5. The van der Waals surface area contributed by atoms with Crippen LogP contribution in [-0.4, -0.2) is 18.1 Å². The molecule has 0 saturated carbocycles. The Labute approximate surface area is 127 Å². The van der Waals surface area contributed by atoms with Crippen LogP contribution in [0.1, 0.15) is 20.8 Å². The van der Waals surface area contributed by atoms with Gasteiger partial charge in [-0.25, -0.2) is 0 Å². The van der Waals surface area contributed by atoms with E-state index in [0.29, 0.717) is 5.75 Å². The van der Waals surface area contributed by atoms with Crippen LogP contribution >= 0.6 is 22.6 Å². The van der Waals surface area contributed by atoms with Crippen LogP contribution in [0.3, 0.4) is 0 Å². The van der Waals surface area contributed by atoms with Crippen molar-refractivity contribution in [1.82, 2.24) is 5.32 Å². The maximum atomic E-state index is 11.8. The average Bonchev–Trinajstić information content (AvgIpc) is 2.36. The third kappa shape index (κ3) is 4.71. The van der Waals surface area contributed by atoms with Crippen LogP contribution in [0, 0.1) is 20.8 Å². The summed E-state index contributed by atoms with van der Waals surface area (Å²) in [5.41, 5.74) is -0.869. The van der Waals surface area contributed by atoms with Gasteiger partial charge in [-0.15, -0.1) is 0 Å². The molecule has 0 aliphatic rings. The van der Waals surface area contributed by atoms with Crippen molar-refractivity contribution in [3.05, 3.63) is 27.8 Å². The monoisotopic (exact) mass is 372 g/mol. The van der Waals surface area contributed by atoms with Gasteiger partial charge in [-0.2, -0.15) is 5.26 Å². The number of ether oxygens (including phenoxy) is 1. The third-order valence-electron chi connectivity index (χ3n) is 2.95. The lowest BCUT2D eigenvalue weighted by molar-refractivity contribution is -0.124. The number of hydrogen-bond donors (Lipinski definition) is 1. The van der Waals surface area contributed by atoms with Gasteiger partial charge in [0.05, 0.1) is 6.07 Å². The molecule has 0 saturated heterocycles. The standard InChI is InChI=1S/C14H17IN2O2/c1-10(2)14(3,9-16)17-13(18)8-19-12-6-4-5-11(15)7-12/h4-7,10H,8H2,1-3H3,(H,17,18)/t14-/m0/s1. The molecular formula is C14H17IN2O2. The fourth-order valence-electron chi connectivity index (χ4n) is 1.33. The molecular weight excluding hydrogens is 355 g/mol. The van der Waals surface area contributed by atoms with Gasteiger partial charge in [0.25, 0.3) is 5.91 Å². The number of nitriles is 1. The Morgan fingerprint density at radius 3 is 2.79 bits per heavy atom. The number of halogens is 1. The maximum absolute atomic E-state index is 11.8. The fourth-order valence-corrected chi connectivity index (χ4v) is 1.85. The normalized spacial score (nSPS) is 13.5. The molecule has 1 rings (SSSR count). The topological polar surface area (TPSA) is 62.1 Å². The smallest absolute Gasteiger partial charge is 0.259 e. The van der Waals surface area contributed by atoms with Gasteiger partial charge in [0.15, 0.2) is 6.61 Å². The number of amides is 1. The first-order chi connectivity index (χ1) is 8.87. The van der Waals surface area contributed by atoms with E-state index in [0.717, 1.165) is 3.57 Å². The van der Waals surface area contributed by atoms with E-state index in [9.17, 15) is 4.79 Å². The molecule has 0 aliphatic carbocycles. The Hall–Kier alpha value is -1.29. The van der Waals surface area contributed by atoms with Crippen LogP contribution in [0.15, 0.2) is 24.3 Å². The average molecular weight is 372 g/mol. The SMILES string of the molecule is CC(C)[C@](C)(C#N)NC(=O)COc1cccc(I)c1. The minimum Gasteiger partial charge on any atom is -0.484 e. The summed E-state index contributed by atoms with van der Waals surface area (Å²) >= 11 is 2.18. The molecule has 0 aliphatic heterocycles. The lowest BCUT2D eigenvalue weighted by atomic mass is 9.90. The minimum atomic E-state index is -0.869. The zero-order chi connectivity index (χ0) is 14.5. The summed E-state index contributed by atoms with van der Waals surface area (Å²) in [6.07, 6.45) is 0. The largest absolute Gasteiger partial charge is 0.484 e. The Morgan fingerprint density at radius 2 is 2.26 bits per heavy atom. The van der Waals surface area contributed by atoms with E-state index >= 15 is 0 Å². The van der Waals surface area contributed by atoms with Gasteiger partial charge in [-0.05, 0) is 53.6 Å². The number of carbonyl (C=O) groups is 1. The van der Waals surface area contributed by atoms with Crippen molar-refractivity contribution in [2.75, 3.05) is 6.61 Å². The molecule has 19 heavy (non-hydrogen) atoms. The fraction of sp³-hybridized carbons (Fsp3) is 0.429. The molecule has 1 aromatic rings. The Balaban J connectivity index is 2.55. The van der Waals surface area contributed by atoms with Gasteiger partial charge in [0.2, 0.25) is 0 Å². The van der Waals surface area contributed by atoms with Crippen molar-refractivity contribution in [2.24, 2.45) is 5.92 Å². The van der Waals surface area contributed by atoms with E-state index < -0.39 is 5.54 Å². The Bertz CT molecular complexity index is 496. The van der Waals surface area contributed by atoms with Crippen molar-refractivity contribution in [3.63, 3.8) is 0 Å². The first-order valence-corrected chi connectivity index (χ1v) is 7.06. The van der Waals surface area contributed by atoms with Gasteiger partial charge in [-0.3, -0.25) is 4.79 Å². The molecule has 0 fully saturated rings. The first-order valence-electron chi connectivity index (χ1n) is 5.98. The zero-order valence-corrected chi connectivity index (χ0v) is 13.4. The molecule has 1 amide bonds. The maximum Gasteiger partial charge on any atom is 0.259 e. The summed E-state index contributed by atoms with van der Waals surface area (Å²) in [5.74, 6) is 0.376. The summed E-state index contributed by atoms with van der Waals surface area (Å²) in [6, 6.07) is 9.57. The summed E-state index contributed by atoms with van der Waals surface area (Å²) in [6.45, 7) is 5.40. The van der Waals surface area contributed by atoms with Crippen molar-refractivity contribution < 1.29 is 9.53 Å². The van der Waals surface area contributed by atoms with E-state index in [1.54, 1.807) is 13.0 Å². The molecule has 1 N–H and O–H groups in total. The molecule has 4 nitrogen and oxygen atoms in total. The highest BCUT2D eigenvalue weighted by molar-refractivity contribution is 14.1. The highest BCUT2D eigenvalue weighted by atomic mass is 127. The van der Waals surface area contributed by atoms with Crippen LogP contribution in [0.25, 0.3) is 0 Å². The van der Waals surface area contributed by atoms with Crippen molar-refractivity contribution >= 4 is 28.5 Å². The molecule has 0 aromatic heterocycles. The zero-order valence-electron chi connectivity index (χ0n) is 11.2. The number of hydrogen-bond acceptors (Lipinski definition) is 3. The molecule has 0 heterocycles. The van der Waals surface area contributed by atoms with E-state index in [1.807, 2.05) is 32.0 Å². The number of nitrogens with one attached hydrogen (secondary N) is 1. The molecule has 102 valence electrons. The van der Waals surface area contributed by atoms with E-state index in [2.05, 4.69) is 34.0 Å². The van der Waals surface area contributed by atoms with Crippen molar-refractivity contribution in [1.29, 1.82) is 5.26 Å². The Kier molecular flexibility index (Phi) is 5.60. The van der Waals surface area contributed by atoms with Crippen molar-refractivity contribution in [3.8, 4) is 11.8 Å². The molecule has 1 aromatic carbocycles. The molecule has 0 spiro atoms. The van der Waals surface area contributed by atoms with Gasteiger partial charge in [0.1, 0.15) is 11.3 Å². The minimum absolute atomic E-state index is 0.0270. The van der Waals surface area contributed by atoms with Crippen LogP contribution in [0.2, 0.25) is 0 Å². The molecule has 1 atom stereocenters. The quantitative estimate of drug-likeness (QED) is 0.809. The number of nitrogens with zero attached hydrogens (tertiary/aromatic N) is 1. The second-order valence-electron chi connectivity index (χ2n) is 4.76. The van der Waals surface area contributed by atoms with Crippen LogP contribution in [0.5, 0.6) is 5.75 Å². The van der Waals surface area contributed by atoms with Gasteiger partial charge < -0.3 is 10.1 Å². The summed E-state index contributed by atoms with van der Waals surface area (Å²) < 4.78 is 6.43. The van der Waals surface area contributed by atoms with Crippen LogP contribution in [-0.2, 0) is 4.79 Å². The predicted octanol–water partition coefficient (Wildman–Crippen LogP) is 2.72. The second kappa shape index (κ2) is 6.75. The van der Waals surface area contributed by atoms with E-state index in [-0.39, 0.29) is 18.4 Å². The lowest BCUT2D eigenvalue weighted by Crippen LogP contribution is -2.50. The third-order valence-corrected chi connectivity index (χ3v) is 3.62. The highest BCUT2D eigenvalue weighted by Crippen LogP contribution is 2.16. The van der Waals surface area contributed by atoms with Gasteiger partial charge >= 0.3 is 0 Å². The van der Waals surface area contributed by atoms with E-state index in [4.69, 9.17) is 10.00 Å². The Morgan fingerprint density at radius 1 is 1.58 bits per heavy atom. The van der Waals surface area contributed by atoms with Gasteiger partial charge in [-0.1, -0.05) is 19.9 Å². The first kappa shape index (κ1) is 15.8. The van der Waals surface area contributed by atoms with Crippen LogP contribution in [0.4, 0.5) is 0 Å². The molecule has 0 radical (unpaired) electrons.